The number of hydrogen-bond donors (Lipinski definition) is 0. The third-order valence-corrected chi connectivity index (χ3v) is 4.98. The molecule has 0 radical (unpaired) electrons. The van der Waals surface area contributed by atoms with E-state index in [1.165, 1.54) is 23.6 Å². The zero-order valence-corrected chi connectivity index (χ0v) is 16.1. The number of aryl methyl sites for hydroxylation is 1. The Labute approximate surface area is 152 Å². The van der Waals surface area contributed by atoms with E-state index in [1.807, 2.05) is 6.07 Å². The lowest BCUT2D eigenvalue weighted by atomic mass is 9.79. The molecule has 0 N–H and O–H groups in total. The van der Waals surface area contributed by atoms with E-state index < -0.39 is 5.60 Å². The van der Waals surface area contributed by atoms with Crippen LogP contribution in [0.4, 0.5) is 0 Å². The van der Waals surface area contributed by atoms with Gasteiger partial charge in [0, 0.05) is 13.3 Å². The van der Waals surface area contributed by atoms with Crippen LogP contribution in [-0.2, 0) is 16.0 Å². The van der Waals surface area contributed by atoms with E-state index in [0.29, 0.717) is 11.8 Å². The molecular weight excluding hydrogens is 308 g/mol. The second-order valence-electron chi connectivity index (χ2n) is 7.59. The summed E-state index contributed by atoms with van der Waals surface area (Å²) in [5.41, 5.74) is 3.27. The first-order valence-electron chi connectivity index (χ1n) is 9.09. The molecule has 134 valence electrons. The fourth-order valence-corrected chi connectivity index (χ4v) is 3.69. The predicted octanol–water partition coefficient (Wildman–Crippen LogP) is 5.69. The number of rotatable bonds is 7. The highest BCUT2D eigenvalue weighted by atomic mass is 16.6. The average Bonchev–Trinajstić information content (AvgIpc) is 2.53. The fourth-order valence-electron chi connectivity index (χ4n) is 3.69. The first kappa shape index (κ1) is 19.2. The van der Waals surface area contributed by atoms with Crippen LogP contribution in [0.5, 0.6) is 0 Å². The molecule has 0 aliphatic carbocycles. The van der Waals surface area contributed by atoms with E-state index in [4.69, 9.17) is 4.74 Å². The lowest BCUT2D eigenvalue weighted by Crippen LogP contribution is -2.36. The van der Waals surface area contributed by atoms with Crippen molar-refractivity contribution in [2.75, 3.05) is 0 Å². The van der Waals surface area contributed by atoms with Crippen molar-refractivity contribution >= 4 is 5.97 Å². The molecule has 0 aromatic heterocycles. The van der Waals surface area contributed by atoms with E-state index in [0.717, 1.165) is 12.8 Å². The number of ether oxygens (including phenoxy) is 1. The van der Waals surface area contributed by atoms with Crippen LogP contribution in [0.15, 0.2) is 54.6 Å². The number of hydrogen-bond acceptors (Lipinski definition) is 2. The molecule has 0 spiro atoms. The maximum absolute atomic E-state index is 11.7. The first-order valence-corrected chi connectivity index (χ1v) is 9.09. The van der Waals surface area contributed by atoms with Crippen LogP contribution in [0.2, 0.25) is 0 Å². The van der Waals surface area contributed by atoms with Crippen LogP contribution in [0.25, 0.3) is 0 Å². The third-order valence-electron chi connectivity index (χ3n) is 4.98. The topological polar surface area (TPSA) is 26.3 Å². The van der Waals surface area contributed by atoms with Crippen molar-refractivity contribution in [3.63, 3.8) is 0 Å². The van der Waals surface area contributed by atoms with Crippen molar-refractivity contribution in [1.82, 2.24) is 0 Å². The summed E-state index contributed by atoms with van der Waals surface area (Å²) in [4.78, 5) is 11.7. The Hall–Kier alpha value is -2.09. The molecule has 3 unspecified atom stereocenters. The summed E-state index contributed by atoms with van der Waals surface area (Å²) in [7, 11) is 0. The normalized spacial score (nSPS) is 15.9. The van der Waals surface area contributed by atoms with Gasteiger partial charge in [-0.25, -0.2) is 0 Å². The highest BCUT2D eigenvalue weighted by Gasteiger charge is 2.32. The molecule has 0 saturated carbocycles. The number of carbonyl (C=O) groups excluding carboxylic acids is 1. The summed E-state index contributed by atoms with van der Waals surface area (Å²) in [6.45, 7) is 10.1. The summed E-state index contributed by atoms with van der Waals surface area (Å²) >= 11 is 0. The molecule has 0 heterocycles. The van der Waals surface area contributed by atoms with Crippen LogP contribution >= 0.6 is 0 Å². The second-order valence-corrected chi connectivity index (χ2v) is 7.59. The molecular formula is C23H30O2. The molecule has 2 rings (SSSR count). The van der Waals surface area contributed by atoms with E-state index in [9.17, 15) is 4.79 Å². The molecule has 2 heteroatoms. The Balaban J connectivity index is 2.17. The van der Waals surface area contributed by atoms with Gasteiger partial charge in [-0.2, -0.15) is 0 Å². The van der Waals surface area contributed by atoms with Gasteiger partial charge in [0.25, 0.3) is 0 Å². The van der Waals surface area contributed by atoms with Gasteiger partial charge in [0.1, 0.15) is 5.60 Å². The fraction of sp³-hybridized carbons (Fsp3) is 0.435. The van der Waals surface area contributed by atoms with Crippen molar-refractivity contribution in [2.45, 2.75) is 59.0 Å². The number of benzene rings is 2. The molecule has 0 aliphatic heterocycles. The summed E-state index contributed by atoms with van der Waals surface area (Å²) in [5.74, 6) is 0.597. The third kappa shape index (κ3) is 5.74. The van der Waals surface area contributed by atoms with Crippen molar-refractivity contribution in [3.8, 4) is 0 Å². The highest BCUT2D eigenvalue weighted by Crippen LogP contribution is 2.34. The van der Waals surface area contributed by atoms with Crippen LogP contribution in [0, 0.1) is 12.8 Å². The molecule has 2 nitrogen and oxygen atoms in total. The maximum Gasteiger partial charge on any atom is 0.303 e. The van der Waals surface area contributed by atoms with Crippen LogP contribution in [0.3, 0.4) is 0 Å². The van der Waals surface area contributed by atoms with Gasteiger partial charge in [-0.3, -0.25) is 4.79 Å². The molecule has 0 aliphatic rings. The van der Waals surface area contributed by atoms with E-state index in [-0.39, 0.29) is 5.97 Å². The number of esters is 1. The zero-order valence-electron chi connectivity index (χ0n) is 16.1. The first-order chi connectivity index (χ1) is 11.8. The van der Waals surface area contributed by atoms with Crippen molar-refractivity contribution in [1.29, 1.82) is 0 Å². The molecule has 0 fully saturated rings. The van der Waals surface area contributed by atoms with Crippen LogP contribution < -0.4 is 0 Å². The van der Waals surface area contributed by atoms with Gasteiger partial charge in [-0.15, -0.1) is 0 Å². The zero-order chi connectivity index (χ0) is 18.4. The standard InChI is InChI=1S/C23H30O2/c1-17-10-9-11-21(14-17)16-23(5,25-20(4)24)15-18(2)19(3)22-12-7-6-8-13-22/h6-14,18-19H,15-16H2,1-5H3. The predicted molar refractivity (Wildman–Crippen MR) is 104 cm³/mol. The molecule has 3 atom stereocenters. The summed E-state index contributed by atoms with van der Waals surface area (Å²) in [6, 6.07) is 19.0. The van der Waals surface area contributed by atoms with E-state index in [1.54, 1.807) is 0 Å². The van der Waals surface area contributed by atoms with E-state index >= 15 is 0 Å². The molecule has 0 bridgehead atoms. The maximum atomic E-state index is 11.7. The Kier molecular flexibility index (Phi) is 6.41. The Morgan fingerprint density at radius 1 is 1.08 bits per heavy atom. The molecule has 25 heavy (non-hydrogen) atoms. The van der Waals surface area contributed by atoms with E-state index in [2.05, 4.69) is 76.2 Å². The van der Waals surface area contributed by atoms with Gasteiger partial charge < -0.3 is 4.74 Å². The highest BCUT2D eigenvalue weighted by molar-refractivity contribution is 5.66. The van der Waals surface area contributed by atoms with Gasteiger partial charge >= 0.3 is 5.97 Å². The smallest absolute Gasteiger partial charge is 0.303 e. The molecule has 0 amide bonds. The minimum Gasteiger partial charge on any atom is -0.459 e. The minimum atomic E-state index is -0.498. The van der Waals surface area contributed by atoms with Crippen molar-refractivity contribution in [2.24, 2.45) is 5.92 Å². The molecule has 0 saturated heterocycles. The van der Waals surface area contributed by atoms with Gasteiger partial charge in [0.2, 0.25) is 0 Å². The minimum absolute atomic E-state index is 0.213. The quantitative estimate of drug-likeness (QED) is 0.606. The number of carbonyl (C=O) groups is 1. The Morgan fingerprint density at radius 3 is 2.36 bits per heavy atom. The summed E-state index contributed by atoms with van der Waals surface area (Å²) in [5, 5.41) is 0. The summed E-state index contributed by atoms with van der Waals surface area (Å²) in [6.07, 6.45) is 1.57. The largest absolute Gasteiger partial charge is 0.459 e. The average molecular weight is 338 g/mol. The monoisotopic (exact) mass is 338 g/mol. The second kappa shape index (κ2) is 8.33. The van der Waals surface area contributed by atoms with Crippen LogP contribution in [-0.4, -0.2) is 11.6 Å². The van der Waals surface area contributed by atoms with Crippen molar-refractivity contribution in [3.05, 3.63) is 71.3 Å². The SMILES string of the molecule is CC(=O)OC(C)(Cc1cccc(C)c1)CC(C)C(C)c1ccccc1. The van der Waals surface area contributed by atoms with Gasteiger partial charge in [-0.05, 0) is 43.2 Å². The van der Waals surface area contributed by atoms with Gasteiger partial charge in [0.05, 0.1) is 0 Å². The summed E-state index contributed by atoms with van der Waals surface area (Å²) < 4.78 is 5.80. The molecule has 2 aromatic rings. The van der Waals surface area contributed by atoms with Gasteiger partial charge in [-0.1, -0.05) is 74.0 Å². The van der Waals surface area contributed by atoms with Crippen LogP contribution in [0.1, 0.15) is 56.7 Å². The lowest BCUT2D eigenvalue weighted by Gasteiger charge is -2.34. The van der Waals surface area contributed by atoms with Gasteiger partial charge in [0.15, 0.2) is 0 Å². The Bertz CT molecular complexity index is 692. The lowest BCUT2D eigenvalue weighted by molar-refractivity contribution is -0.157. The van der Waals surface area contributed by atoms with Crippen molar-refractivity contribution < 1.29 is 9.53 Å². The Morgan fingerprint density at radius 2 is 1.76 bits per heavy atom. The molecule has 2 aromatic carbocycles.